The van der Waals surface area contributed by atoms with Crippen LogP contribution in [0.3, 0.4) is 0 Å². The Morgan fingerprint density at radius 3 is 2.08 bits per heavy atom. The molecular weight excluding hydrogens is 917 g/mol. The summed E-state index contributed by atoms with van der Waals surface area (Å²) in [7, 11) is 1.00. The number of hydrogen-bond acceptors (Lipinski definition) is 12. The monoisotopic (exact) mass is 1020 g/mol. The van der Waals surface area contributed by atoms with Crippen molar-refractivity contribution in [1.29, 1.82) is 0 Å². The van der Waals surface area contributed by atoms with E-state index in [4.69, 9.17) is 24.4 Å². The second-order valence-electron chi connectivity index (χ2n) is 19.6. The van der Waals surface area contributed by atoms with E-state index in [9.17, 15) is 24.9 Å². The fourth-order valence-electron chi connectivity index (χ4n) is 9.25. The Bertz CT molecular complexity index is 1610. The lowest BCUT2D eigenvalue weighted by molar-refractivity contribution is -0.243. The number of aldehydes is 1. The number of hydrogen-bond donors (Lipinski definition) is 6. The zero-order valence-electron chi connectivity index (χ0n) is 48.0. The Morgan fingerprint density at radius 2 is 1.54 bits per heavy atom. The first-order valence-corrected chi connectivity index (χ1v) is 28.3. The van der Waals surface area contributed by atoms with Crippen LogP contribution in [0, 0.1) is 35.5 Å². The third-order valence-corrected chi connectivity index (χ3v) is 15.0. The average Bonchev–Trinajstić information content (AvgIpc) is 3.37. The fraction of sp³-hybridized carbons (Fsp3) is 0.793. The van der Waals surface area contributed by atoms with Crippen molar-refractivity contribution in [2.75, 3.05) is 26.8 Å². The summed E-state index contributed by atoms with van der Waals surface area (Å²) in [6.45, 7) is 36.2. The van der Waals surface area contributed by atoms with Gasteiger partial charge in [0.05, 0.1) is 42.2 Å². The van der Waals surface area contributed by atoms with Gasteiger partial charge in [-0.1, -0.05) is 157 Å². The van der Waals surface area contributed by atoms with Crippen molar-refractivity contribution < 1.29 is 49.3 Å². The third-order valence-electron chi connectivity index (χ3n) is 13.7. The van der Waals surface area contributed by atoms with Gasteiger partial charge in [-0.2, -0.15) is 0 Å². The molecule has 1 aliphatic heterocycles. The smallest absolute Gasteiger partial charge is 0.221 e. The predicted molar refractivity (Wildman–Crippen MR) is 298 cm³/mol. The van der Waals surface area contributed by atoms with Crippen molar-refractivity contribution in [3.05, 3.63) is 48.0 Å². The molecule has 0 aliphatic carbocycles. The highest BCUT2D eigenvalue weighted by molar-refractivity contribution is 7.97. The largest absolute Gasteiger partial charge is 0.400 e. The molecule has 14 atom stereocenters. The Kier molecular flexibility index (Phi) is 40.1. The van der Waals surface area contributed by atoms with Crippen molar-refractivity contribution in [2.24, 2.45) is 35.5 Å². The quantitative estimate of drug-likeness (QED) is 0.0259. The van der Waals surface area contributed by atoms with E-state index in [1.54, 1.807) is 20.8 Å². The highest BCUT2D eigenvalue weighted by Crippen LogP contribution is 2.36. The minimum atomic E-state index is -1.26. The van der Waals surface area contributed by atoms with Crippen LogP contribution in [-0.4, -0.2) is 123 Å². The molecule has 0 saturated carbocycles. The molecule has 0 aromatic heterocycles. The van der Waals surface area contributed by atoms with E-state index in [1.165, 1.54) is 11.9 Å². The van der Waals surface area contributed by atoms with Gasteiger partial charge in [0, 0.05) is 63.3 Å². The van der Waals surface area contributed by atoms with Gasteiger partial charge in [0.15, 0.2) is 6.29 Å². The molecule has 71 heavy (non-hydrogen) atoms. The van der Waals surface area contributed by atoms with Gasteiger partial charge in [0.25, 0.3) is 0 Å². The summed E-state index contributed by atoms with van der Waals surface area (Å²) in [5, 5.41) is 55.2. The van der Waals surface area contributed by atoms with Gasteiger partial charge in [0.2, 0.25) is 5.91 Å². The summed E-state index contributed by atoms with van der Waals surface area (Å²) in [6.07, 6.45) is 5.66. The minimum absolute atomic E-state index is 0.0217. The molecule has 416 valence electrons. The van der Waals surface area contributed by atoms with Crippen LogP contribution in [-0.2, 0) is 30.3 Å². The topological polar surface area (TPSA) is 178 Å². The van der Waals surface area contributed by atoms with E-state index in [2.05, 4.69) is 68.5 Å². The number of nitrogens with one attached hydrogen (secondary N) is 1. The van der Waals surface area contributed by atoms with E-state index < -0.39 is 23.7 Å². The molecule has 1 amide bonds. The minimum Gasteiger partial charge on any atom is -0.400 e. The molecule has 0 spiro atoms. The van der Waals surface area contributed by atoms with Crippen LogP contribution in [0.25, 0.3) is 10.8 Å². The number of rotatable bonds is 29. The molecule has 1 heterocycles. The first kappa shape index (κ1) is 70.9. The summed E-state index contributed by atoms with van der Waals surface area (Å²) in [5.41, 5.74) is -0.215. The first-order valence-electron chi connectivity index (χ1n) is 27.5. The van der Waals surface area contributed by atoms with Gasteiger partial charge in [-0.3, -0.25) is 4.79 Å². The normalized spacial score (nSPS) is 20.7. The van der Waals surface area contributed by atoms with Crippen molar-refractivity contribution >= 4 is 34.9 Å². The van der Waals surface area contributed by atoms with E-state index >= 15 is 0 Å². The van der Waals surface area contributed by atoms with Crippen LogP contribution in [0.15, 0.2) is 42.5 Å². The Hall–Kier alpha value is -2.17. The number of ether oxygens (including phenoxy) is 3. The molecule has 1 fully saturated rings. The summed E-state index contributed by atoms with van der Waals surface area (Å²) < 4.78 is 20.5. The summed E-state index contributed by atoms with van der Waals surface area (Å²) >= 11 is 1.50. The number of amides is 1. The molecule has 12 nitrogen and oxygen atoms in total. The lowest BCUT2D eigenvalue weighted by Crippen LogP contribution is -2.50. The molecule has 3 rings (SSSR count). The second kappa shape index (κ2) is 40.2. The van der Waals surface area contributed by atoms with E-state index in [-0.39, 0.29) is 72.0 Å². The van der Waals surface area contributed by atoms with E-state index in [1.807, 2.05) is 80.5 Å². The molecule has 6 N–H and O–H groups in total. The maximum absolute atomic E-state index is 13.2. The molecule has 0 bridgehead atoms. The average molecular weight is 1030 g/mol. The molecule has 1 aliphatic rings. The van der Waals surface area contributed by atoms with Gasteiger partial charge in [-0.25, -0.2) is 4.31 Å². The number of carbonyl (C=O) groups excluding carboxylic acids is 2. The van der Waals surface area contributed by atoms with Crippen LogP contribution < -0.4 is 5.32 Å². The Labute approximate surface area is 438 Å². The van der Waals surface area contributed by atoms with Crippen molar-refractivity contribution in [3.63, 3.8) is 0 Å². The predicted octanol–water partition coefficient (Wildman–Crippen LogP) is 11.4. The number of unbranched alkanes of at least 4 members (excludes halogenated alkanes) is 1. The number of fused-ring (bicyclic) bond motifs is 1. The highest BCUT2D eigenvalue weighted by Gasteiger charge is 2.41. The fourth-order valence-corrected chi connectivity index (χ4v) is 10.7. The zero-order valence-corrected chi connectivity index (χ0v) is 48.8. The number of aliphatic hydroxyl groups is 5. The number of nitrogens with zero attached hydrogens (tertiary/aromatic N) is 1. The van der Waals surface area contributed by atoms with Crippen LogP contribution in [0.5, 0.6) is 0 Å². The summed E-state index contributed by atoms with van der Waals surface area (Å²) in [4.78, 5) is 24.9. The van der Waals surface area contributed by atoms with Gasteiger partial charge in [0.1, 0.15) is 6.29 Å². The maximum atomic E-state index is 13.2. The SMILES string of the molecule is CC.CC.CCC1CC(C)OC(O[C@H]([C@@H](C)[C@H](O)C(C)C=O)[C@@H](C)C[C@@H](C)CN(CCC(=O)NCc2ccc3ccccc3c2)SC(C)C(O)[C@@](C)(O)C(CC)CC)C1.CCCCOC(C)[C@@H](C)O.CO. The van der Waals surface area contributed by atoms with Crippen LogP contribution >= 0.6 is 11.9 Å². The molecule has 1 saturated heterocycles. The van der Waals surface area contributed by atoms with Crippen LogP contribution in [0.2, 0.25) is 0 Å². The van der Waals surface area contributed by atoms with Crippen LogP contribution in [0.1, 0.15) is 181 Å². The molecular formula is C58H108N2O10S. The third kappa shape index (κ3) is 26.7. The summed E-state index contributed by atoms with van der Waals surface area (Å²) in [6, 6.07) is 14.4. The Balaban J connectivity index is 0. The lowest BCUT2D eigenvalue weighted by atomic mass is 9.80. The number of carbonyl (C=O) groups is 2. The van der Waals surface area contributed by atoms with E-state index in [0.29, 0.717) is 25.6 Å². The van der Waals surface area contributed by atoms with Crippen LogP contribution in [0.4, 0.5) is 0 Å². The molecule has 7 unspecified atom stereocenters. The van der Waals surface area contributed by atoms with Crippen molar-refractivity contribution in [1.82, 2.24) is 9.62 Å². The highest BCUT2D eigenvalue weighted by atomic mass is 32.2. The second-order valence-corrected chi connectivity index (χ2v) is 21.1. The molecule has 2 aromatic rings. The number of aliphatic hydroxyl groups excluding tert-OH is 4. The standard InChI is InChI=1S/C45H74N2O7S.C8H18O2.2C2H6.CH4O/c1-11-35-23-32(7)53-41(25-35)54-43(33(8)42(50)31(6)28-48)30(5)22-29(4)27-47(55-34(9)44(51)45(10,52)39(12-2)13-3)21-20-40(49)46-26-36-18-19-37-16-14-15-17-38(37)24-36;1-4-5-6-10-8(3)7(2)9;3*1-2/h14-19,24,28-35,39,41-44,50-52H,11-13,20-23,25-27H2,1-10H3,(H,46,49);7-9H,4-6H2,1-3H3;2*1-2H3;2H,1H3/t29-,30+,31?,32?,33+,34?,35?,41?,42-,43+,44?,45+;7-,8?;;;/m11.../s1. The Morgan fingerprint density at radius 1 is 0.930 bits per heavy atom. The zero-order chi connectivity index (χ0) is 54.9. The van der Waals surface area contributed by atoms with Crippen molar-refractivity contribution in [3.8, 4) is 0 Å². The van der Waals surface area contributed by atoms with Gasteiger partial charge < -0.3 is 49.9 Å². The lowest BCUT2D eigenvalue weighted by Gasteiger charge is -2.41. The molecule has 2 aromatic carbocycles. The summed E-state index contributed by atoms with van der Waals surface area (Å²) in [5.74, 6) is -0.233. The van der Waals surface area contributed by atoms with Gasteiger partial charge >= 0.3 is 0 Å². The molecule has 0 radical (unpaired) electrons. The molecule has 13 heteroatoms. The number of benzene rings is 2. The van der Waals surface area contributed by atoms with E-state index in [0.717, 1.165) is 87.7 Å². The first-order chi connectivity index (χ1) is 33.7. The van der Waals surface area contributed by atoms with Gasteiger partial charge in [-0.05, 0) is 100.0 Å². The van der Waals surface area contributed by atoms with Crippen molar-refractivity contribution in [2.45, 2.75) is 236 Å². The maximum Gasteiger partial charge on any atom is 0.221 e. The van der Waals surface area contributed by atoms with Gasteiger partial charge in [-0.15, -0.1) is 0 Å².